The van der Waals surface area contributed by atoms with Gasteiger partial charge in [0.1, 0.15) is 10.4 Å². The SMILES string of the molecule is O=Nc1c(O)c2c([N+](=O)[O-])c(Cl)c(C(F)(F)F)cc2[nH]c1=O. The van der Waals surface area contributed by atoms with E-state index in [2.05, 4.69) is 5.18 Å². The highest BCUT2D eigenvalue weighted by Crippen LogP contribution is 2.46. The van der Waals surface area contributed by atoms with Gasteiger partial charge in [0.2, 0.25) is 5.69 Å². The van der Waals surface area contributed by atoms with E-state index in [4.69, 9.17) is 11.6 Å². The van der Waals surface area contributed by atoms with Gasteiger partial charge in [0.25, 0.3) is 5.56 Å². The molecule has 1 heterocycles. The van der Waals surface area contributed by atoms with Crippen LogP contribution in [0.4, 0.5) is 24.5 Å². The molecule has 0 saturated carbocycles. The molecule has 22 heavy (non-hydrogen) atoms. The van der Waals surface area contributed by atoms with Crippen molar-refractivity contribution in [2.24, 2.45) is 5.18 Å². The molecule has 0 aliphatic heterocycles. The first-order chi connectivity index (χ1) is 10.1. The van der Waals surface area contributed by atoms with Crippen LogP contribution in [0.1, 0.15) is 5.56 Å². The summed E-state index contributed by atoms with van der Waals surface area (Å²) in [4.78, 5) is 33.4. The van der Waals surface area contributed by atoms with Crippen molar-refractivity contribution in [1.82, 2.24) is 4.98 Å². The molecule has 0 aliphatic rings. The first-order valence-electron chi connectivity index (χ1n) is 5.26. The Hall–Kier alpha value is -2.69. The Morgan fingerprint density at radius 3 is 2.45 bits per heavy atom. The topological polar surface area (TPSA) is 126 Å². The predicted octanol–water partition coefficient (Wildman–Crippen LogP) is 3.21. The largest absolute Gasteiger partial charge is 0.505 e. The number of aromatic nitrogens is 1. The van der Waals surface area contributed by atoms with Crippen LogP contribution in [0.2, 0.25) is 5.02 Å². The number of fused-ring (bicyclic) bond motifs is 1. The summed E-state index contributed by atoms with van der Waals surface area (Å²) in [6.45, 7) is 0. The Morgan fingerprint density at radius 1 is 1.41 bits per heavy atom. The lowest BCUT2D eigenvalue weighted by atomic mass is 10.1. The fraction of sp³-hybridized carbons (Fsp3) is 0.100. The van der Waals surface area contributed by atoms with Gasteiger partial charge in [0, 0.05) is 0 Å². The highest BCUT2D eigenvalue weighted by Gasteiger charge is 2.39. The molecule has 0 fully saturated rings. The molecule has 1 aromatic carbocycles. The average molecular weight is 338 g/mol. The number of nitro groups is 1. The van der Waals surface area contributed by atoms with Crippen molar-refractivity contribution in [3.8, 4) is 5.75 Å². The molecule has 0 atom stereocenters. The highest BCUT2D eigenvalue weighted by atomic mass is 35.5. The van der Waals surface area contributed by atoms with Gasteiger partial charge < -0.3 is 10.1 Å². The van der Waals surface area contributed by atoms with Crippen LogP contribution in [-0.4, -0.2) is 15.0 Å². The van der Waals surface area contributed by atoms with Crippen LogP contribution in [0.15, 0.2) is 16.0 Å². The molecular weight excluding hydrogens is 335 g/mol. The van der Waals surface area contributed by atoms with Crippen molar-refractivity contribution in [2.75, 3.05) is 0 Å². The number of nitrogens with zero attached hydrogens (tertiary/aromatic N) is 2. The molecule has 8 nitrogen and oxygen atoms in total. The molecule has 0 bridgehead atoms. The van der Waals surface area contributed by atoms with Crippen molar-refractivity contribution in [1.29, 1.82) is 0 Å². The number of nitro benzene ring substituents is 1. The Bertz CT molecular complexity index is 877. The van der Waals surface area contributed by atoms with Crippen LogP contribution in [0.5, 0.6) is 5.75 Å². The summed E-state index contributed by atoms with van der Waals surface area (Å²) in [7, 11) is 0. The summed E-state index contributed by atoms with van der Waals surface area (Å²) in [6, 6.07) is 0.320. The van der Waals surface area contributed by atoms with E-state index < -0.39 is 55.3 Å². The van der Waals surface area contributed by atoms with Gasteiger partial charge in [-0.1, -0.05) is 11.6 Å². The second kappa shape index (κ2) is 4.94. The summed E-state index contributed by atoms with van der Waals surface area (Å²) >= 11 is 5.40. The number of hydrogen-bond acceptors (Lipinski definition) is 6. The quantitative estimate of drug-likeness (QED) is 0.494. The molecule has 0 spiro atoms. The minimum absolute atomic E-state index is 0.320. The third-order valence-corrected chi connectivity index (χ3v) is 3.13. The number of benzene rings is 1. The summed E-state index contributed by atoms with van der Waals surface area (Å²) in [6.07, 6.45) is -5.04. The lowest BCUT2D eigenvalue weighted by Crippen LogP contribution is -2.11. The van der Waals surface area contributed by atoms with Gasteiger partial charge in [-0.15, -0.1) is 4.91 Å². The maximum Gasteiger partial charge on any atom is 0.418 e. The zero-order valence-electron chi connectivity index (χ0n) is 10.1. The molecule has 2 N–H and O–H groups in total. The Labute approximate surface area is 122 Å². The smallest absolute Gasteiger partial charge is 0.418 e. The zero-order chi connectivity index (χ0) is 16.8. The number of halogens is 4. The molecule has 116 valence electrons. The van der Waals surface area contributed by atoms with Gasteiger partial charge in [-0.2, -0.15) is 13.2 Å². The van der Waals surface area contributed by atoms with Crippen molar-refractivity contribution >= 4 is 33.9 Å². The van der Waals surface area contributed by atoms with Gasteiger partial charge in [-0.3, -0.25) is 14.9 Å². The van der Waals surface area contributed by atoms with Crippen LogP contribution < -0.4 is 5.56 Å². The molecule has 0 amide bonds. The molecular formula is C10H3ClF3N3O5. The fourth-order valence-electron chi connectivity index (χ4n) is 1.85. The number of nitroso groups, excluding NO2 is 1. The molecule has 2 aromatic rings. The van der Waals surface area contributed by atoms with E-state index in [1.165, 1.54) is 0 Å². The molecule has 2 rings (SSSR count). The molecule has 0 radical (unpaired) electrons. The van der Waals surface area contributed by atoms with Crippen LogP contribution in [0, 0.1) is 15.0 Å². The van der Waals surface area contributed by atoms with E-state index in [-0.39, 0.29) is 0 Å². The van der Waals surface area contributed by atoms with E-state index >= 15 is 0 Å². The van der Waals surface area contributed by atoms with E-state index in [9.17, 15) is 38.1 Å². The van der Waals surface area contributed by atoms with Gasteiger partial charge in [-0.25, -0.2) is 0 Å². The van der Waals surface area contributed by atoms with Crippen LogP contribution in [0.3, 0.4) is 0 Å². The Morgan fingerprint density at radius 2 is 2.00 bits per heavy atom. The Kier molecular flexibility index (Phi) is 3.53. The van der Waals surface area contributed by atoms with Crippen molar-refractivity contribution < 1.29 is 23.2 Å². The second-order valence-corrected chi connectivity index (χ2v) is 4.38. The maximum atomic E-state index is 12.8. The third-order valence-electron chi connectivity index (χ3n) is 2.74. The summed E-state index contributed by atoms with van der Waals surface area (Å²) in [5.41, 5.74) is -5.99. The number of hydrogen-bond donors (Lipinski definition) is 2. The van der Waals surface area contributed by atoms with Gasteiger partial charge in [-0.05, 0) is 11.2 Å². The van der Waals surface area contributed by atoms with Crippen LogP contribution in [0.25, 0.3) is 10.9 Å². The number of H-pyrrole nitrogens is 1. The second-order valence-electron chi connectivity index (χ2n) is 4.01. The fourth-order valence-corrected chi connectivity index (χ4v) is 2.18. The summed E-state index contributed by atoms with van der Waals surface area (Å²) in [5.74, 6) is -1.23. The molecule has 12 heteroatoms. The van der Waals surface area contributed by atoms with Crippen LogP contribution in [-0.2, 0) is 6.18 Å². The van der Waals surface area contributed by atoms with Gasteiger partial charge in [0.15, 0.2) is 5.75 Å². The minimum atomic E-state index is -5.04. The standard InChI is InChI=1S/C10H3ClF3N3O5/c11-5-2(10(12,13)14)1-3-4(7(5)17(21)22)8(18)6(16-20)9(19)15-3/h1H,(H2,15,18,19). The molecule has 0 unspecified atom stereocenters. The molecule has 1 aromatic heterocycles. The van der Waals surface area contributed by atoms with Crippen LogP contribution >= 0.6 is 11.6 Å². The van der Waals surface area contributed by atoms with Gasteiger partial charge in [0.05, 0.1) is 16.0 Å². The summed E-state index contributed by atoms with van der Waals surface area (Å²) < 4.78 is 38.5. The minimum Gasteiger partial charge on any atom is -0.505 e. The maximum absolute atomic E-state index is 12.8. The van der Waals surface area contributed by atoms with Crippen molar-refractivity contribution in [3.05, 3.63) is 42.0 Å². The summed E-state index contributed by atoms with van der Waals surface area (Å²) in [5, 5.41) is 20.8. The number of pyridine rings is 1. The van der Waals surface area contributed by atoms with E-state index in [0.717, 1.165) is 0 Å². The lowest BCUT2D eigenvalue weighted by Gasteiger charge is -2.12. The Balaban J connectivity index is 3.14. The van der Waals surface area contributed by atoms with E-state index in [1.54, 1.807) is 0 Å². The third kappa shape index (κ3) is 2.24. The number of alkyl halides is 3. The zero-order valence-corrected chi connectivity index (χ0v) is 10.8. The van der Waals surface area contributed by atoms with Crippen molar-refractivity contribution in [2.45, 2.75) is 6.18 Å². The van der Waals surface area contributed by atoms with E-state index in [0.29, 0.717) is 6.07 Å². The monoisotopic (exact) mass is 337 g/mol. The lowest BCUT2D eigenvalue weighted by molar-refractivity contribution is -0.383. The van der Waals surface area contributed by atoms with E-state index in [1.807, 2.05) is 4.98 Å². The molecule has 0 aliphatic carbocycles. The first-order valence-corrected chi connectivity index (χ1v) is 5.63. The number of nitrogens with one attached hydrogen (secondary N) is 1. The van der Waals surface area contributed by atoms with Crippen molar-refractivity contribution in [3.63, 3.8) is 0 Å². The number of rotatable bonds is 2. The number of aromatic hydroxyl groups is 1. The van der Waals surface area contributed by atoms with Gasteiger partial charge >= 0.3 is 11.9 Å². The average Bonchev–Trinajstić information content (AvgIpc) is 2.37. The number of aromatic amines is 1. The highest BCUT2D eigenvalue weighted by molar-refractivity contribution is 6.35. The molecule has 0 saturated heterocycles. The predicted molar refractivity (Wildman–Crippen MR) is 68.4 cm³/mol. The normalized spacial score (nSPS) is 11.6. The first kappa shape index (κ1) is 15.7.